The van der Waals surface area contributed by atoms with E-state index in [4.69, 9.17) is 30.7 Å². The molecule has 0 amide bonds. The van der Waals surface area contributed by atoms with Crippen molar-refractivity contribution in [2.75, 3.05) is 6.61 Å². The third kappa shape index (κ3) is 7.31. The van der Waals surface area contributed by atoms with Crippen LogP contribution in [0.1, 0.15) is 40.3 Å². The molecule has 1 aromatic heterocycles. The number of aromatic amines is 1. The minimum absolute atomic E-state index is 0.143. The lowest BCUT2D eigenvalue weighted by Gasteiger charge is -2.24. The van der Waals surface area contributed by atoms with Crippen molar-refractivity contribution in [3.8, 4) is 5.75 Å². The number of nitrogens with one attached hydrogen (secondary N) is 2. The Balaban J connectivity index is 1.75. The Kier molecular flexibility index (Phi) is 8.66. The topological polar surface area (TPSA) is 121 Å². The number of esters is 1. The molecule has 1 saturated heterocycles. The Morgan fingerprint density at radius 1 is 1.34 bits per heavy atom. The first-order chi connectivity index (χ1) is 16.4. The van der Waals surface area contributed by atoms with Crippen molar-refractivity contribution in [2.24, 2.45) is 0 Å². The van der Waals surface area contributed by atoms with E-state index in [1.165, 1.54) is 26.1 Å². The highest BCUT2D eigenvalue weighted by Gasteiger charge is 2.48. The van der Waals surface area contributed by atoms with Gasteiger partial charge in [0, 0.05) is 12.6 Å². The maximum Gasteiger partial charge on any atom is 0.459 e. The highest BCUT2D eigenvalue weighted by atomic mass is 32.1. The van der Waals surface area contributed by atoms with Crippen molar-refractivity contribution in [3.63, 3.8) is 0 Å². The van der Waals surface area contributed by atoms with Crippen LogP contribution in [0.4, 0.5) is 4.39 Å². The number of H-pyrrole nitrogens is 1. The van der Waals surface area contributed by atoms with Gasteiger partial charge in [0.2, 0.25) is 0 Å². The molecule has 5 unspecified atom stereocenters. The van der Waals surface area contributed by atoms with Crippen LogP contribution in [0.2, 0.25) is 0 Å². The normalized spacial score (nSPS) is 24.6. The third-order valence-corrected chi connectivity index (χ3v) is 6.91. The fraction of sp³-hybridized carbons (Fsp3) is 0.500. The molecule has 35 heavy (non-hydrogen) atoms. The maximum atomic E-state index is 15.3. The van der Waals surface area contributed by atoms with Crippen LogP contribution in [-0.4, -0.2) is 46.0 Å². The molecular weight excluding hydrogens is 500 g/mol. The third-order valence-electron chi connectivity index (χ3n) is 5.02. The molecule has 2 heterocycles. The molecule has 0 radical (unpaired) electrons. The predicted molar refractivity (Wildman–Crippen MR) is 128 cm³/mol. The number of hydrogen-bond acceptors (Lipinski definition) is 8. The molecule has 5 atom stereocenters. The van der Waals surface area contributed by atoms with E-state index >= 15 is 4.39 Å². The van der Waals surface area contributed by atoms with Gasteiger partial charge in [0.15, 0.2) is 11.9 Å². The van der Waals surface area contributed by atoms with E-state index in [1.54, 1.807) is 44.2 Å². The van der Waals surface area contributed by atoms with Gasteiger partial charge in [-0.25, -0.2) is 13.8 Å². The Hall–Kier alpha value is -2.37. The number of ether oxygens (including phenoxy) is 2. The minimum atomic E-state index is -4.14. The Morgan fingerprint density at radius 2 is 2.03 bits per heavy atom. The lowest BCUT2D eigenvalue weighted by molar-refractivity contribution is -0.149. The number of para-hydroxylation sites is 1. The van der Waals surface area contributed by atoms with Crippen LogP contribution in [-0.2, 0) is 23.4 Å². The molecule has 10 nitrogen and oxygen atoms in total. The van der Waals surface area contributed by atoms with E-state index < -0.39 is 43.4 Å². The van der Waals surface area contributed by atoms with Crippen molar-refractivity contribution >= 4 is 25.9 Å². The van der Waals surface area contributed by atoms with Crippen molar-refractivity contribution in [1.29, 1.82) is 0 Å². The summed E-state index contributed by atoms with van der Waals surface area (Å²) in [6.07, 6.45) is -1.28. The van der Waals surface area contributed by atoms with Crippen LogP contribution < -0.4 is 15.3 Å². The van der Waals surface area contributed by atoms with E-state index in [9.17, 15) is 14.2 Å². The molecule has 1 aromatic carbocycles. The quantitative estimate of drug-likeness (QED) is 0.267. The van der Waals surface area contributed by atoms with Gasteiger partial charge in [-0.1, -0.05) is 30.4 Å². The first-order valence-corrected chi connectivity index (χ1v) is 13.0. The Morgan fingerprint density at radius 3 is 2.66 bits per heavy atom. The molecule has 0 aliphatic carbocycles. The van der Waals surface area contributed by atoms with Gasteiger partial charge in [0.05, 0.1) is 18.8 Å². The first kappa shape index (κ1) is 27.2. The van der Waals surface area contributed by atoms with Gasteiger partial charge in [-0.05, 0) is 45.9 Å². The summed E-state index contributed by atoms with van der Waals surface area (Å²) in [4.78, 5) is 26.9. The summed E-state index contributed by atoms with van der Waals surface area (Å²) >= 11 is 4.92. The molecule has 1 aliphatic rings. The Bertz CT molecular complexity index is 1190. The van der Waals surface area contributed by atoms with Crippen LogP contribution in [0.3, 0.4) is 0 Å². The zero-order chi connectivity index (χ0) is 25.8. The summed E-state index contributed by atoms with van der Waals surface area (Å²) in [5.74, 6) is -0.408. The van der Waals surface area contributed by atoms with E-state index in [-0.39, 0.29) is 29.5 Å². The van der Waals surface area contributed by atoms with Gasteiger partial charge in [-0.15, -0.1) is 0 Å². The number of halogens is 1. The molecule has 192 valence electrons. The van der Waals surface area contributed by atoms with Crippen molar-refractivity contribution in [3.05, 3.63) is 57.7 Å². The number of carbonyl (C=O) groups is 1. The lowest BCUT2D eigenvalue weighted by Crippen LogP contribution is -2.36. The van der Waals surface area contributed by atoms with E-state index in [0.717, 1.165) is 4.57 Å². The van der Waals surface area contributed by atoms with Crippen LogP contribution in [0.15, 0.2) is 47.4 Å². The van der Waals surface area contributed by atoms with E-state index in [2.05, 4.69) is 10.1 Å². The van der Waals surface area contributed by atoms with Gasteiger partial charge in [-0.3, -0.25) is 18.9 Å². The number of alkyl halides is 1. The predicted octanol–water partition coefficient (Wildman–Crippen LogP) is 4.05. The van der Waals surface area contributed by atoms with Crippen LogP contribution in [0.5, 0.6) is 5.75 Å². The molecule has 1 aliphatic heterocycles. The van der Waals surface area contributed by atoms with Gasteiger partial charge >= 0.3 is 19.4 Å². The number of rotatable bonds is 10. The van der Waals surface area contributed by atoms with Gasteiger partial charge in [-0.2, -0.15) is 5.09 Å². The summed E-state index contributed by atoms with van der Waals surface area (Å²) in [6, 6.07) is 8.67. The number of aromatic nitrogens is 2. The largest absolute Gasteiger partial charge is 0.462 e. The summed E-state index contributed by atoms with van der Waals surface area (Å²) in [5.41, 5.74) is -2.55. The Labute approximate surface area is 207 Å². The molecule has 0 spiro atoms. The fourth-order valence-electron chi connectivity index (χ4n) is 3.50. The number of benzene rings is 1. The molecule has 0 saturated carbocycles. The fourth-order valence-corrected chi connectivity index (χ4v) is 5.17. The highest BCUT2D eigenvalue weighted by Crippen LogP contribution is 2.47. The molecule has 13 heteroatoms. The molecular formula is C22H29FN3O7PS. The van der Waals surface area contributed by atoms with Gasteiger partial charge in [0.25, 0.3) is 0 Å². The number of nitrogens with zero attached hydrogens (tertiary/aromatic N) is 1. The SMILES string of the molecule is CC(C)OC(=O)C(C)NP(=O)(OCC1CC(C)(F)C(n2ccc(=S)[nH]c2=O)O1)Oc1ccccc1. The first-order valence-electron chi connectivity index (χ1n) is 11.0. The zero-order valence-corrected chi connectivity index (χ0v) is 21.5. The molecule has 3 rings (SSSR count). The van der Waals surface area contributed by atoms with E-state index in [1.807, 2.05) is 0 Å². The van der Waals surface area contributed by atoms with Crippen molar-refractivity contribution in [2.45, 2.75) is 64.3 Å². The lowest BCUT2D eigenvalue weighted by atomic mass is 10.0. The highest BCUT2D eigenvalue weighted by molar-refractivity contribution is 7.71. The van der Waals surface area contributed by atoms with Crippen LogP contribution in [0.25, 0.3) is 0 Å². The van der Waals surface area contributed by atoms with Gasteiger partial charge in [0.1, 0.15) is 16.4 Å². The van der Waals surface area contributed by atoms with Crippen LogP contribution in [0, 0.1) is 4.64 Å². The summed E-state index contributed by atoms with van der Waals surface area (Å²) < 4.78 is 52.2. The zero-order valence-electron chi connectivity index (χ0n) is 19.8. The average molecular weight is 530 g/mol. The second-order valence-corrected chi connectivity index (χ2v) is 10.8. The summed E-state index contributed by atoms with van der Waals surface area (Å²) in [5, 5.41) is 2.57. The molecule has 2 aromatic rings. The smallest absolute Gasteiger partial charge is 0.459 e. The minimum Gasteiger partial charge on any atom is -0.462 e. The van der Waals surface area contributed by atoms with Gasteiger partial charge < -0.3 is 14.0 Å². The monoisotopic (exact) mass is 529 g/mol. The molecule has 2 N–H and O–H groups in total. The van der Waals surface area contributed by atoms with E-state index in [0.29, 0.717) is 0 Å². The summed E-state index contributed by atoms with van der Waals surface area (Å²) in [7, 11) is -4.14. The molecule has 0 bridgehead atoms. The summed E-state index contributed by atoms with van der Waals surface area (Å²) in [6.45, 7) is 5.80. The van der Waals surface area contributed by atoms with Crippen LogP contribution >= 0.6 is 20.0 Å². The second-order valence-electron chi connectivity index (χ2n) is 8.64. The standard InChI is InChI=1S/C22H29FN3O7PS/c1-14(2)31-19(27)15(3)25-34(29,33-16-8-6-5-7-9-16)30-13-17-12-22(4,23)20(32-17)26-11-10-18(35)24-21(26)28/h5-11,14-15,17,20H,12-13H2,1-4H3,(H,25,29)(H,24,28,35). The van der Waals surface area contributed by atoms with Crippen molar-refractivity contribution < 1.29 is 32.3 Å². The second kappa shape index (κ2) is 11.1. The van der Waals surface area contributed by atoms with Crippen molar-refractivity contribution in [1.82, 2.24) is 14.6 Å². The average Bonchev–Trinajstić information content (AvgIpc) is 3.06. The number of carbonyl (C=O) groups excluding carboxylic acids is 1. The maximum absolute atomic E-state index is 15.3. The number of hydrogen-bond donors (Lipinski definition) is 2. The molecule has 1 fully saturated rings.